The quantitative estimate of drug-likeness (QED) is 0.798. The molecule has 0 aliphatic heterocycles. The monoisotopic (exact) mass is 301 g/mol. The average molecular weight is 301 g/mol. The Morgan fingerprint density at radius 1 is 1.23 bits per heavy atom. The number of aliphatic hydroxyl groups is 1. The standard InChI is InChI=1S/C17H20N2O3/c1-13-7-9-19(10-8-13)11-16(21)12-22-17-5-3-15(4-6-17)18-14(2)20/h3-10,16,21H,11-12H2,1-2H3/p+1. The highest BCUT2D eigenvalue weighted by atomic mass is 16.5. The molecule has 2 rings (SSSR count). The normalized spacial score (nSPS) is 11.8. The van der Waals surface area contributed by atoms with E-state index < -0.39 is 6.10 Å². The molecule has 1 aromatic heterocycles. The summed E-state index contributed by atoms with van der Waals surface area (Å²) in [6.07, 6.45) is 3.27. The average Bonchev–Trinajstić information content (AvgIpc) is 2.48. The molecule has 22 heavy (non-hydrogen) atoms. The molecule has 2 N–H and O–H groups in total. The number of anilines is 1. The number of nitrogens with zero attached hydrogens (tertiary/aromatic N) is 1. The van der Waals surface area contributed by atoms with Crippen molar-refractivity contribution in [2.24, 2.45) is 0 Å². The van der Waals surface area contributed by atoms with E-state index in [4.69, 9.17) is 4.74 Å². The van der Waals surface area contributed by atoms with Crippen molar-refractivity contribution in [1.82, 2.24) is 0 Å². The van der Waals surface area contributed by atoms with E-state index in [1.165, 1.54) is 12.5 Å². The predicted octanol–water partition coefficient (Wildman–Crippen LogP) is 1.68. The van der Waals surface area contributed by atoms with E-state index in [-0.39, 0.29) is 12.5 Å². The van der Waals surface area contributed by atoms with Crippen LogP contribution in [-0.4, -0.2) is 23.7 Å². The summed E-state index contributed by atoms with van der Waals surface area (Å²) in [5.41, 5.74) is 1.90. The van der Waals surface area contributed by atoms with E-state index in [0.717, 1.165) is 5.69 Å². The minimum atomic E-state index is -0.595. The fourth-order valence-electron chi connectivity index (χ4n) is 1.98. The highest BCUT2D eigenvalue weighted by molar-refractivity contribution is 5.88. The highest BCUT2D eigenvalue weighted by Crippen LogP contribution is 2.15. The number of hydrogen-bond donors (Lipinski definition) is 2. The molecule has 1 aromatic carbocycles. The van der Waals surface area contributed by atoms with Crippen LogP contribution in [0, 0.1) is 6.92 Å². The Morgan fingerprint density at radius 3 is 2.45 bits per heavy atom. The number of aryl methyl sites for hydroxylation is 1. The van der Waals surface area contributed by atoms with Crippen LogP contribution >= 0.6 is 0 Å². The third-order valence-corrected chi connectivity index (χ3v) is 3.10. The van der Waals surface area contributed by atoms with Crippen LogP contribution in [0.5, 0.6) is 5.75 Å². The number of aromatic nitrogens is 1. The molecule has 1 amide bonds. The molecule has 0 fully saturated rings. The van der Waals surface area contributed by atoms with E-state index in [0.29, 0.717) is 12.3 Å². The Hall–Kier alpha value is -2.40. The van der Waals surface area contributed by atoms with Crippen molar-refractivity contribution in [2.75, 3.05) is 11.9 Å². The van der Waals surface area contributed by atoms with Gasteiger partial charge in [-0.25, -0.2) is 4.57 Å². The number of carbonyl (C=O) groups is 1. The van der Waals surface area contributed by atoms with Crippen molar-refractivity contribution < 1.29 is 19.2 Å². The smallest absolute Gasteiger partial charge is 0.221 e. The minimum absolute atomic E-state index is 0.112. The van der Waals surface area contributed by atoms with Crippen LogP contribution in [0.1, 0.15) is 12.5 Å². The van der Waals surface area contributed by atoms with Crippen LogP contribution in [0.3, 0.4) is 0 Å². The lowest BCUT2D eigenvalue weighted by Crippen LogP contribution is -2.41. The Kier molecular flexibility index (Phi) is 5.49. The van der Waals surface area contributed by atoms with Crippen LogP contribution < -0.4 is 14.6 Å². The summed E-state index contributed by atoms with van der Waals surface area (Å²) >= 11 is 0. The lowest BCUT2D eigenvalue weighted by Gasteiger charge is -2.10. The summed E-state index contributed by atoms with van der Waals surface area (Å²) in [4.78, 5) is 10.9. The highest BCUT2D eigenvalue weighted by Gasteiger charge is 2.11. The summed E-state index contributed by atoms with van der Waals surface area (Å²) in [5, 5.41) is 12.7. The molecule has 0 bridgehead atoms. The number of pyridine rings is 1. The summed E-state index contributed by atoms with van der Waals surface area (Å²) in [7, 11) is 0. The fourth-order valence-corrected chi connectivity index (χ4v) is 1.98. The first-order valence-corrected chi connectivity index (χ1v) is 7.17. The molecule has 116 valence electrons. The van der Waals surface area contributed by atoms with E-state index >= 15 is 0 Å². The molecule has 5 heteroatoms. The zero-order valence-corrected chi connectivity index (χ0v) is 12.8. The number of ether oxygens (including phenoxy) is 1. The summed E-state index contributed by atoms with van der Waals surface area (Å²) in [6.45, 7) is 4.17. The second-order valence-corrected chi connectivity index (χ2v) is 5.24. The van der Waals surface area contributed by atoms with Gasteiger partial charge in [0.05, 0.1) is 0 Å². The van der Waals surface area contributed by atoms with E-state index in [1.807, 2.05) is 36.0 Å². The van der Waals surface area contributed by atoms with Crippen molar-refractivity contribution in [3.63, 3.8) is 0 Å². The molecule has 0 aliphatic rings. The first-order valence-electron chi connectivity index (χ1n) is 7.17. The van der Waals surface area contributed by atoms with Crippen molar-refractivity contribution >= 4 is 11.6 Å². The Labute approximate surface area is 130 Å². The molecule has 0 saturated heterocycles. The maximum absolute atomic E-state index is 10.9. The van der Waals surface area contributed by atoms with Gasteiger partial charge in [-0.2, -0.15) is 0 Å². The second kappa shape index (κ2) is 7.56. The molecule has 1 atom stereocenters. The zero-order valence-electron chi connectivity index (χ0n) is 12.8. The van der Waals surface area contributed by atoms with Gasteiger partial charge >= 0.3 is 0 Å². The van der Waals surface area contributed by atoms with Gasteiger partial charge in [0.25, 0.3) is 0 Å². The lowest BCUT2D eigenvalue weighted by molar-refractivity contribution is -0.703. The lowest BCUT2D eigenvalue weighted by atomic mass is 10.3. The van der Waals surface area contributed by atoms with Gasteiger partial charge in [-0.15, -0.1) is 0 Å². The summed E-state index contributed by atoms with van der Waals surface area (Å²) < 4.78 is 7.47. The van der Waals surface area contributed by atoms with Gasteiger partial charge in [0, 0.05) is 24.7 Å². The van der Waals surface area contributed by atoms with Crippen molar-refractivity contribution in [3.8, 4) is 5.75 Å². The van der Waals surface area contributed by atoms with Crippen LogP contribution in [0.4, 0.5) is 5.69 Å². The first-order chi connectivity index (χ1) is 10.5. The molecule has 0 spiro atoms. The largest absolute Gasteiger partial charge is 0.491 e. The number of hydrogen-bond acceptors (Lipinski definition) is 3. The maximum Gasteiger partial charge on any atom is 0.221 e. The maximum atomic E-state index is 10.9. The third kappa shape index (κ3) is 5.18. The summed E-state index contributed by atoms with van der Waals surface area (Å²) in [6, 6.07) is 11.0. The van der Waals surface area contributed by atoms with Crippen molar-refractivity contribution in [2.45, 2.75) is 26.5 Å². The van der Waals surface area contributed by atoms with E-state index in [1.54, 1.807) is 24.3 Å². The van der Waals surface area contributed by atoms with E-state index in [9.17, 15) is 9.90 Å². The Morgan fingerprint density at radius 2 is 1.86 bits per heavy atom. The number of amides is 1. The number of rotatable bonds is 6. The van der Waals surface area contributed by atoms with Gasteiger partial charge in [0.2, 0.25) is 5.91 Å². The molecule has 0 aliphatic carbocycles. The second-order valence-electron chi connectivity index (χ2n) is 5.24. The molecule has 5 nitrogen and oxygen atoms in total. The Balaban J connectivity index is 1.81. The first kappa shape index (κ1) is 16.0. The van der Waals surface area contributed by atoms with Gasteiger partial charge in [-0.1, -0.05) is 0 Å². The fraction of sp³-hybridized carbons (Fsp3) is 0.294. The molecule has 1 heterocycles. The van der Waals surface area contributed by atoms with Crippen LogP contribution in [0.2, 0.25) is 0 Å². The van der Waals surface area contributed by atoms with Crippen molar-refractivity contribution in [1.29, 1.82) is 0 Å². The van der Waals surface area contributed by atoms with Crippen LogP contribution in [-0.2, 0) is 11.3 Å². The summed E-state index contributed by atoms with van der Waals surface area (Å²) in [5.74, 6) is 0.543. The molecule has 1 unspecified atom stereocenters. The van der Waals surface area contributed by atoms with Crippen molar-refractivity contribution in [3.05, 3.63) is 54.4 Å². The van der Waals surface area contributed by atoms with Gasteiger partial charge in [-0.05, 0) is 36.8 Å². The van der Waals surface area contributed by atoms with E-state index in [2.05, 4.69) is 5.32 Å². The number of benzene rings is 1. The molecule has 0 saturated carbocycles. The van der Waals surface area contributed by atoms with Crippen LogP contribution in [0.15, 0.2) is 48.8 Å². The molecular weight excluding hydrogens is 280 g/mol. The van der Waals surface area contributed by atoms with Gasteiger partial charge in [0.1, 0.15) is 18.5 Å². The van der Waals surface area contributed by atoms with Crippen LogP contribution in [0.25, 0.3) is 0 Å². The molecule has 0 radical (unpaired) electrons. The third-order valence-electron chi connectivity index (χ3n) is 3.10. The van der Waals surface area contributed by atoms with Gasteiger partial charge in [0.15, 0.2) is 18.9 Å². The number of nitrogens with one attached hydrogen (secondary N) is 1. The van der Waals surface area contributed by atoms with Gasteiger partial charge < -0.3 is 15.2 Å². The minimum Gasteiger partial charge on any atom is -0.491 e. The SMILES string of the molecule is CC(=O)Nc1ccc(OCC(O)C[n+]2ccc(C)cc2)cc1. The molecular formula is C17H21N2O3+. The zero-order chi connectivity index (χ0) is 15.9. The van der Waals surface area contributed by atoms with Gasteiger partial charge in [-0.3, -0.25) is 4.79 Å². The number of carbonyl (C=O) groups excluding carboxylic acids is 1. The predicted molar refractivity (Wildman–Crippen MR) is 83.6 cm³/mol. The molecule has 2 aromatic rings. The number of aliphatic hydroxyl groups excluding tert-OH is 1. The Bertz CT molecular complexity index is 609. The topological polar surface area (TPSA) is 62.4 Å².